The normalized spacial score (nSPS) is 14.9. The van der Waals surface area contributed by atoms with Crippen LogP contribution >= 0.6 is 11.6 Å². The fraction of sp³-hybridized carbons (Fsp3) is 0.304. The van der Waals surface area contributed by atoms with Crippen molar-refractivity contribution in [1.29, 1.82) is 0 Å². The number of hydrogen-bond acceptors (Lipinski definition) is 3. The van der Waals surface area contributed by atoms with Gasteiger partial charge in [-0.25, -0.2) is 9.07 Å². The Bertz CT molecular complexity index is 1010. The average Bonchev–Trinajstić information content (AvgIpc) is 2.75. The average molecular weight is 412 g/mol. The van der Waals surface area contributed by atoms with E-state index in [1.54, 1.807) is 18.3 Å². The van der Waals surface area contributed by atoms with E-state index < -0.39 is 0 Å². The lowest BCUT2D eigenvalue weighted by molar-refractivity contribution is 0.403. The highest BCUT2D eigenvalue weighted by atomic mass is 35.5. The van der Waals surface area contributed by atoms with Gasteiger partial charge in [0.1, 0.15) is 10.8 Å². The predicted octanol–water partition coefficient (Wildman–Crippen LogP) is 4.54. The Morgan fingerprint density at radius 2 is 1.69 bits per heavy atom. The first kappa shape index (κ1) is 19.6. The second-order valence-electron chi connectivity index (χ2n) is 7.55. The van der Waals surface area contributed by atoms with Crippen molar-refractivity contribution in [2.45, 2.75) is 25.8 Å². The van der Waals surface area contributed by atoms with E-state index in [9.17, 15) is 9.18 Å². The third-order valence-corrected chi connectivity index (χ3v) is 5.89. The SMILES string of the molecule is O=c1c(Cl)c(N2CCC(Cc3ccccc3)CC2)cnn1Cc1ccc(F)cc1. The molecule has 6 heteroatoms. The monoisotopic (exact) mass is 411 g/mol. The third-order valence-electron chi connectivity index (χ3n) is 5.53. The highest BCUT2D eigenvalue weighted by Crippen LogP contribution is 2.28. The first-order chi connectivity index (χ1) is 14.1. The molecule has 4 nitrogen and oxygen atoms in total. The van der Waals surface area contributed by atoms with E-state index in [-0.39, 0.29) is 22.9 Å². The van der Waals surface area contributed by atoms with Gasteiger partial charge in [-0.15, -0.1) is 0 Å². The van der Waals surface area contributed by atoms with Crippen molar-refractivity contribution in [1.82, 2.24) is 9.78 Å². The summed E-state index contributed by atoms with van der Waals surface area (Å²) < 4.78 is 14.4. The summed E-state index contributed by atoms with van der Waals surface area (Å²) in [5.41, 5.74) is 2.55. The molecule has 0 aliphatic carbocycles. The van der Waals surface area contributed by atoms with Crippen LogP contribution in [-0.4, -0.2) is 22.9 Å². The Kier molecular flexibility index (Phi) is 5.95. The van der Waals surface area contributed by atoms with Crippen molar-refractivity contribution < 1.29 is 4.39 Å². The third kappa shape index (κ3) is 4.67. The molecule has 0 spiro atoms. The zero-order valence-electron chi connectivity index (χ0n) is 16.1. The molecule has 150 valence electrons. The van der Waals surface area contributed by atoms with E-state index in [0.717, 1.165) is 37.9 Å². The van der Waals surface area contributed by atoms with E-state index in [0.29, 0.717) is 11.6 Å². The molecule has 2 heterocycles. The second-order valence-corrected chi connectivity index (χ2v) is 7.93. The van der Waals surface area contributed by atoms with Gasteiger partial charge in [-0.1, -0.05) is 54.1 Å². The minimum Gasteiger partial charge on any atom is -0.369 e. The van der Waals surface area contributed by atoms with Crippen LogP contribution < -0.4 is 10.5 Å². The first-order valence-electron chi connectivity index (χ1n) is 9.89. The van der Waals surface area contributed by atoms with Crippen LogP contribution in [0.5, 0.6) is 0 Å². The maximum atomic E-state index is 13.1. The molecule has 0 unspecified atom stereocenters. The summed E-state index contributed by atoms with van der Waals surface area (Å²) in [6.07, 6.45) is 4.87. The van der Waals surface area contributed by atoms with Crippen LogP contribution in [0.2, 0.25) is 5.02 Å². The van der Waals surface area contributed by atoms with Crippen LogP contribution in [0.4, 0.5) is 10.1 Å². The van der Waals surface area contributed by atoms with Gasteiger partial charge in [0.25, 0.3) is 5.56 Å². The summed E-state index contributed by atoms with van der Waals surface area (Å²) in [6.45, 7) is 1.99. The molecular weight excluding hydrogens is 389 g/mol. The molecule has 0 amide bonds. The molecule has 1 aliphatic rings. The van der Waals surface area contributed by atoms with Gasteiger partial charge in [0.05, 0.1) is 18.4 Å². The molecule has 3 aromatic rings. The molecule has 1 aliphatic heterocycles. The van der Waals surface area contributed by atoms with Gasteiger partial charge < -0.3 is 4.90 Å². The van der Waals surface area contributed by atoms with Crippen LogP contribution in [0, 0.1) is 11.7 Å². The molecule has 1 saturated heterocycles. The number of benzene rings is 2. The summed E-state index contributed by atoms with van der Waals surface area (Å²) in [6, 6.07) is 16.6. The predicted molar refractivity (Wildman–Crippen MR) is 114 cm³/mol. The Morgan fingerprint density at radius 3 is 2.38 bits per heavy atom. The Morgan fingerprint density at radius 1 is 1.00 bits per heavy atom. The number of nitrogens with zero attached hydrogens (tertiary/aromatic N) is 3. The molecule has 1 aromatic heterocycles. The highest BCUT2D eigenvalue weighted by molar-refractivity contribution is 6.33. The van der Waals surface area contributed by atoms with Crippen LogP contribution in [-0.2, 0) is 13.0 Å². The van der Waals surface area contributed by atoms with E-state index >= 15 is 0 Å². The number of hydrogen-bond donors (Lipinski definition) is 0. The smallest absolute Gasteiger partial charge is 0.287 e. The van der Waals surface area contributed by atoms with Crippen molar-refractivity contribution in [3.8, 4) is 0 Å². The lowest BCUT2D eigenvalue weighted by Gasteiger charge is -2.33. The van der Waals surface area contributed by atoms with Crippen molar-refractivity contribution in [2.75, 3.05) is 18.0 Å². The van der Waals surface area contributed by atoms with Crippen LogP contribution in [0.3, 0.4) is 0 Å². The van der Waals surface area contributed by atoms with Crippen molar-refractivity contribution in [3.05, 3.63) is 93.1 Å². The van der Waals surface area contributed by atoms with Gasteiger partial charge in [-0.3, -0.25) is 4.79 Å². The summed E-state index contributed by atoms with van der Waals surface area (Å²) in [7, 11) is 0. The molecule has 0 saturated carbocycles. The van der Waals surface area contributed by atoms with Gasteiger partial charge in [0.15, 0.2) is 0 Å². The Balaban J connectivity index is 1.42. The van der Waals surface area contributed by atoms with Gasteiger partial charge in [-0.05, 0) is 48.4 Å². The van der Waals surface area contributed by atoms with Crippen molar-refractivity contribution in [3.63, 3.8) is 0 Å². The number of aromatic nitrogens is 2. The minimum atomic E-state index is -0.320. The fourth-order valence-electron chi connectivity index (χ4n) is 3.88. The molecule has 0 radical (unpaired) electrons. The maximum absolute atomic E-state index is 13.1. The van der Waals surface area contributed by atoms with E-state index in [1.165, 1.54) is 22.4 Å². The zero-order valence-corrected chi connectivity index (χ0v) is 16.9. The number of anilines is 1. The Labute approximate surface area is 174 Å². The molecule has 0 N–H and O–H groups in total. The summed E-state index contributed by atoms with van der Waals surface area (Å²) in [5.74, 6) is 0.331. The van der Waals surface area contributed by atoms with Gasteiger partial charge in [-0.2, -0.15) is 5.10 Å². The second kappa shape index (κ2) is 8.78. The van der Waals surface area contributed by atoms with E-state index in [4.69, 9.17) is 11.6 Å². The summed E-state index contributed by atoms with van der Waals surface area (Å²) in [5, 5.41) is 4.50. The van der Waals surface area contributed by atoms with Gasteiger partial charge in [0.2, 0.25) is 0 Å². The molecule has 0 atom stereocenters. The van der Waals surface area contributed by atoms with Gasteiger partial charge in [0, 0.05) is 13.1 Å². The summed E-state index contributed by atoms with van der Waals surface area (Å²) in [4.78, 5) is 14.8. The largest absolute Gasteiger partial charge is 0.369 e. The number of rotatable bonds is 5. The fourth-order valence-corrected chi connectivity index (χ4v) is 4.14. The standard InChI is InChI=1S/C23H23ClFN3O/c24-22-21(15-26-28(23(22)29)16-19-6-8-20(25)9-7-19)27-12-10-18(11-13-27)14-17-4-2-1-3-5-17/h1-9,15,18H,10-14,16H2. The lowest BCUT2D eigenvalue weighted by atomic mass is 9.90. The Hall–Kier alpha value is -2.66. The topological polar surface area (TPSA) is 38.1 Å². The summed E-state index contributed by atoms with van der Waals surface area (Å²) >= 11 is 6.41. The first-order valence-corrected chi connectivity index (χ1v) is 10.3. The van der Waals surface area contributed by atoms with E-state index in [1.807, 2.05) is 6.07 Å². The van der Waals surface area contributed by atoms with Crippen LogP contribution in [0.25, 0.3) is 0 Å². The number of halogens is 2. The molecule has 1 fully saturated rings. The molecular formula is C23H23ClFN3O. The molecule has 29 heavy (non-hydrogen) atoms. The zero-order chi connectivity index (χ0) is 20.2. The van der Waals surface area contributed by atoms with Crippen molar-refractivity contribution >= 4 is 17.3 Å². The van der Waals surface area contributed by atoms with E-state index in [2.05, 4.69) is 34.3 Å². The highest BCUT2D eigenvalue weighted by Gasteiger charge is 2.23. The molecule has 4 rings (SSSR count). The van der Waals surface area contributed by atoms with Crippen LogP contribution in [0.15, 0.2) is 65.6 Å². The lowest BCUT2D eigenvalue weighted by Crippen LogP contribution is -2.36. The molecule has 0 bridgehead atoms. The van der Waals surface area contributed by atoms with Crippen LogP contribution in [0.1, 0.15) is 24.0 Å². The quantitative estimate of drug-likeness (QED) is 0.618. The van der Waals surface area contributed by atoms with Crippen molar-refractivity contribution in [2.24, 2.45) is 5.92 Å². The molecule has 2 aromatic carbocycles. The number of piperidine rings is 1. The maximum Gasteiger partial charge on any atom is 0.287 e. The minimum absolute atomic E-state index is 0.198. The van der Waals surface area contributed by atoms with Gasteiger partial charge >= 0.3 is 0 Å².